The summed E-state index contributed by atoms with van der Waals surface area (Å²) in [5.41, 5.74) is 4.39. The maximum absolute atomic E-state index is 13.1. The molecular weight excluding hydrogens is 402 g/mol. The second-order valence-electron chi connectivity index (χ2n) is 9.08. The summed E-state index contributed by atoms with van der Waals surface area (Å²) < 4.78 is 7.38. The van der Waals surface area contributed by atoms with E-state index in [0.717, 1.165) is 22.2 Å². The van der Waals surface area contributed by atoms with Gasteiger partial charge in [0.2, 0.25) is 5.89 Å². The number of ketones is 1. The van der Waals surface area contributed by atoms with Crippen LogP contribution in [0.3, 0.4) is 0 Å². The van der Waals surface area contributed by atoms with Crippen LogP contribution in [0.15, 0.2) is 14.1 Å². The highest BCUT2D eigenvalue weighted by atomic mass is 16.5. The number of carbonyl (C=O) groups is 1. The Morgan fingerprint density at radius 1 is 1.13 bits per heavy atom. The number of anilines is 1. The van der Waals surface area contributed by atoms with E-state index >= 15 is 0 Å². The molecule has 3 rings (SSSR count). The third-order valence-corrected chi connectivity index (χ3v) is 5.77. The van der Waals surface area contributed by atoms with Gasteiger partial charge in [-0.3, -0.25) is 28.5 Å². The Balaban J connectivity index is 1.66. The van der Waals surface area contributed by atoms with Crippen molar-refractivity contribution in [2.75, 3.05) is 31.9 Å². The van der Waals surface area contributed by atoms with Gasteiger partial charge < -0.3 is 10.3 Å². The van der Waals surface area contributed by atoms with Crippen LogP contribution in [0.2, 0.25) is 0 Å². The summed E-state index contributed by atoms with van der Waals surface area (Å²) in [6.07, 6.45) is 0. The molecule has 2 N–H and O–H groups in total. The molecule has 11 heteroatoms. The second-order valence-corrected chi connectivity index (χ2v) is 9.08. The van der Waals surface area contributed by atoms with Crippen molar-refractivity contribution in [3.8, 4) is 0 Å². The average molecular weight is 434 g/mol. The molecule has 0 spiro atoms. The molecule has 1 saturated heterocycles. The molecule has 0 bridgehead atoms. The minimum Gasteiger partial charge on any atom is -0.384 e. The maximum atomic E-state index is 13.1. The summed E-state index contributed by atoms with van der Waals surface area (Å²) in [5, 5.41) is 4.07. The normalized spacial score (nSPS) is 17.1. The van der Waals surface area contributed by atoms with Gasteiger partial charge in [-0.25, -0.2) is 4.79 Å². The van der Waals surface area contributed by atoms with E-state index in [4.69, 9.17) is 10.3 Å². The monoisotopic (exact) mass is 433 g/mol. The van der Waals surface area contributed by atoms with Crippen LogP contribution in [0.5, 0.6) is 0 Å². The van der Waals surface area contributed by atoms with Crippen LogP contribution in [-0.4, -0.2) is 67.1 Å². The molecule has 0 radical (unpaired) electrons. The fraction of sp³-hybridized carbons (Fsp3) is 0.650. The molecule has 170 valence electrons. The summed E-state index contributed by atoms with van der Waals surface area (Å²) in [4.78, 5) is 46.3. The first-order valence-corrected chi connectivity index (χ1v) is 10.3. The van der Waals surface area contributed by atoms with Crippen LogP contribution in [0.4, 0.5) is 5.82 Å². The molecule has 3 heterocycles. The van der Waals surface area contributed by atoms with Crippen LogP contribution in [0, 0.1) is 0 Å². The number of nitrogen functional groups attached to an aromatic ring is 1. The highest BCUT2D eigenvalue weighted by Gasteiger charge is 2.31. The third kappa shape index (κ3) is 4.47. The van der Waals surface area contributed by atoms with E-state index in [2.05, 4.69) is 15.0 Å². The fourth-order valence-corrected chi connectivity index (χ4v) is 3.60. The number of nitrogens with two attached hydrogens (primary N) is 1. The standard InChI is InChI=1S/C20H31N7O4/c1-12(15(28)14-16(21)24(5)19(30)25(6)17(14)29)27-9-7-26(8-10-27)11-13-22-18(31-23-13)20(2,3)4/h12H,7-11,21H2,1-6H3/t12-/m0/s1. The van der Waals surface area contributed by atoms with Crippen LogP contribution in [-0.2, 0) is 26.1 Å². The first kappa shape index (κ1) is 22.9. The zero-order valence-corrected chi connectivity index (χ0v) is 19.0. The van der Waals surface area contributed by atoms with Crippen molar-refractivity contribution in [1.29, 1.82) is 0 Å². The van der Waals surface area contributed by atoms with Crippen molar-refractivity contribution < 1.29 is 9.32 Å². The van der Waals surface area contributed by atoms with Crippen LogP contribution in [0.1, 0.15) is 49.8 Å². The Kier molecular flexibility index (Phi) is 6.19. The van der Waals surface area contributed by atoms with Gasteiger partial charge in [-0.15, -0.1) is 0 Å². The lowest BCUT2D eigenvalue weighted by atomic mass is 9.97. The molecule has 0 aliphatic carbocycles. The first-order chi connectivity index (χ1) is 14.4. The number of aromatic nitrogens is 4. The summed E-state index contributed by atoms with van der Waals surface area (Å²) in [6, 6.07) is -0.535. The van der Waals surface area contributed by atoms with Gasteiger partial charge >= 0.3 is 5.69 Å². The molecule has 11 nitrogen and oxygen atoms in total. The van der Waals surface area contributed by atoms with Crippen LogP contribution < -0.4 is 17.0 Å². The SMILES string of the molecule is C[C@@H](C(=O)c1c(N)n(C)c(=O)n(C)c1=O)N1CCN(Cc2noc(C(C)(C)C)n2)CC1. The molecule has 1 aliphatic rings. The lowest BCUT2D eigenvalue weighted by molar-refractivity contribution is 0.0679. The van der Waals surface area contributed by atoms with E-state index in [0.29, 0.717) is 31.3 Å². The van der Waals surface area contributed by atoms with Crippen molar-refractivity contribution in [2.45, 2.75) is 45.7 Å². The molecule has 0 saturated carbocycles. The van der Waals surface area contributed by atoms with Crippen LogP contribution in [0.25, 0.3) is 0 Å². The van der Waals surface area contributed by atoms with Crippen molar-refractivity contribution in [3.05, 3.63) is 38.1 Å². The zero-order valence-electron chi connectivity index (χ0n) is 19.0. The predicted octanol–water partition coefficient (Wildman–Crippen LogP) is -0.264. The highest BCUT2D eigenvalue weighted by Crippen LogP contribution is 2.20. The molecule has 2 aromatic rings. The van der Waals surface area contributed by atoms with Crippen molar-refractivity contribution >= 4 is 11.6 Å². The van der Waals surface area contributed by atoms with Crippen molar-refractivity contribution in [3.63, 3.8) is 0 Å². The number of nitrogens with zero attached hydrogens (tertiary/aromatic N) is 6. The molecule has 1 fully saturated rings. The third-order valence-electron chi connectivity index (χ3n) is 5.77. The van der Waals surface area contributed by atoms with E-state index in [1.165, 1.54) is 14.1 Å². The minimum atomic E-state index is -0.664. The Bertz CT molecular complexity index is 1080. The van der Waals surface area contributed by atoms with Gasteiger partial charge in [0, 0.05) is 45.7 Å². The van der Waals surface area contributed by atoms with E-state index in [1.807, 2.05) is 25.7 Å². The van der Waals surface area contributed by atoms with E-state index in [9.17, 15) is 14.4 Å². The predicted molar refractivity (Wildman–Crippen MR) is 115 cm³/mol. The Morgan fingerprint density at radius 2 is 1.74 bits per heavy atom. The van der Waals surface area contributed by atoms with Crippen molar-refractivity contribution in [1.82, 2.24) is 29.1 Å². The highest BCUT2D eigenvalue weighted by molar-refractivity contribution is 6.03. The molecule has 0 amide bonds. The summed E-state index contributed by atoms with van der Waals surface area (Å²) in [5.74, 6) is 0.770. The van der Waals surface area contributed by atoms with E-state index < -0.39 is 17.3 Å². The average Bonchev–Trinajstić information content (AvgIpc) is 3.20. The number of hydrogen-bond donors (Lipinski definition) is 1. The summed E-state index contributed by atoms with van der Waals surface area (Å²) in [7, 11) is 2.79. The molecule has 0 unspecified atom stereocenters. The lowest BCUT2D eigenvalue weighted by Gasteiger charge is -2.37. The zero-order chi connectivity index (χ0) is 23.1. The van der Waals surface area contributed by atoms with Crippen LogP contribution >= 0.6 is 0 Å². The number of hydrogen-bond acceptors (Lipinski definition) is 9. The number of carbonyl (C=O) groups excluding carboxylic acids is 1. The lowest BCUT2D eigenvalue weighted by Crippen LogP contribution is -2.52. The summed E-state index contributed by atoms with van der Waals surface area (Å²) >= 11 is 0. The Labute approximate surface area is 180 Å². The first-order valence-electron chi connectivity index (χ1n) is 10.3. The molecular formula is C20H31N7O4. The van der Waals surface area contributed by atoms with Gasteiger partial charge in [0.15, 0.2) is 11.6 Å². The van der Waals surface area contributed by atoms with E-state index in [-0.39, 0.29) is 22.6 Å². The van der Waals surface area contributed by atoms with E-state index in [1.54, 1.807) is 6.92 Å². The number of piperazine rings is 1. The quantitative estimate of drug-likeness (QED) is 0.633. The van der Waals surface area contributed by atoms with Gasteiger partial charge in [-0.1, -0.05) is 25.9 Å². The maximum Gasteiger partial charge on any atom is 0.332 e. The Hall–Kier alpha value is -2.79. The summed E-state index contributed by atoms with van der Waals surface area (Å²) in [6.45, 7) is 11.1. The van der Waals surface area contributed by atoms with Gasteiger partial charge in [-0.05, 0) is 6.92 Å². The minimum absolute atomic E-state index is 0.102. The second kappa shape index (κ2) is 8.39. The van der Waals surface area contributed by atoms with Gasteiger partial charge in [0.1, 0.15) is 11.4 Å². The molecule has 0 aromatic carbocycles. The largest absolute Gasteiger partial charge is 0.384 e. The van der Waals surface area contributed by atoms with Gasteiger partial charge in [0.25, 0.3) is 5.56 Å². The molecule has 2 aromatic heterocycles. The van der Waals surface area contributed by atoms with Gasteiger partial charge in [0.05, 0.1) is 12.6 Å². The molecule has 1 atom stereocenters. The molecule has 31 heavy (non-hydrogen) atoms. The smallest absolute Gasteiger partial charge is 0.332 e. The van der Waals surface area contributed by atoms with Crippen molar-refractivity contribution in [2.24, 2.45) is 14.1 Å². The Morgan fingerprint density at radius 3 is 2.29 bits per heavy atom. The topological polar surface area (TPSA) is 132 Å². The number of Topliss-reactive ketones (excluding diaryl/α,β-unsaturated/α-hetero) is 1. The fourth-order valence-electron chi connectivity index (χ4n) is 3.60. The molecule has 1 aliphatic heterocycles. The number of rotatable bonds is 5. The van der Waals surface area contributed by atoms with Gasteiger partial charge in [-0.2, -0.15) is 4.98 Å².